The van der Waals surface area contributed by atoms with Gasteiger partial charge in [-0.3, -0.25) is 9.69 Å². The molecule has 4 rings (SSSR count). The largest absolute Gasteiger partial charge is 0.367 e. The van der Waals surface area contributed by atoms with E-state index in [0.717, 1.165) is 17.7 Å². The number of urea groups is 1. The maximum absolute atomic E-state index is 12.9. The van der Waals surface area contributed by atoms with E-state index in [9.17, 15) is 9.59 Å². The first kappa shape index (κ1) is 30.4. The molecule has 222 valence electrons. The molecule has 3 amide bonds. The summed E-state index contributed by atoms with van der Waals surface area (Å²) in [4.78, 5) is 43.6. The van der Waals surface area contributed by atoms with Crippen molar-refractivity contribution in [2.45, 2.75) is 45.7 Å². The molecule has 2 aromatic heterocycles. The second-order valence-electron chi connectivity index (χ2n) is 10.6. The number of carbonyl (C=O) groups excluding carboxylic acids is 2. The van der Waals surface area contributed by atoms with Gasteiger partial charge in [-0.2, -0.15) is 0 Å². The van der Waals surface area contributed by atoms with Gasteiger partial charge in [0.2, 0.25) is 5.82 Å². The molecule has 0 unspecified atom stereocenters. The molecule has 42 heavy (non-hydrogen) atoms. The number of aromatic nitrogens is 4. The van der Waals surface area contributed by atoms with Gasteiger partial charge in [0.25, 0.3) is 5.91 Å². The topological polar surface area (TPSA) is 140 Å². The number of nitrogens with one attached hydrogen (secondary N) is 5. The minimum absolute atomic E-state index is 0.0000129. The molecule has 0 aliphatic heterocycles. The number of benzene rings is 2. The average molecular weight is 572 g/mol. The predicted molar refractivity (Wildman–Crippen MR) is 166 cm³/mol. The highest BCUT2D eigenvalue weighted by molar-refractivity contribution is 5.94. The predicted octanol–water partition coefficient (Wildman–Crippen LogP) is 3.74. The van der Waals surface area contributed by atoms with E-state index >= 15 is 0 Å². The smallest absolute Gasteiger partial charge is 0.314 e. The van der Waals surface area contributed by atoms with Crippen molar-refractivity contribution in [2.24, 2.45) is 0 Å². The van der Waals surface area contributed by atoms with E-state index in [1.807, 2.05) is 36.4 Å². The van der Waals surface area contributed by atoms with Gasteiger partial charge in [-0.1, -0.05) is 60.7 Å². The Kier molecular flexibility index (Phi) is 10.8. The quantitative estimate of drug-likeness (QED) is 0.145. The van der Waals surface area contributed by atoms with Gasteiger partial charge in [-0.05, 0) is 38.8 Å². The van der Waals surface area contributed by atoms with E-state index in [1.54, 1.807) is 0 Å². The standard InChI is InChI=1S/C31H41N9O2/c1-21(2)40(22(3)4)18-17-34-31(42)33-16-15-32-30(41)29-38-27(26-28(39-29)37-20-36-26)35-19-25(23-11-7-5-8-12-23)24-13-9-6-10-14-24/h5-14,20-22,25H,15-19H2,1-4H3,(H,32,41)(H2,33,34,42)(H2,35,36,37,38,39). The lowest BCUT2D eigenvalue weighted by Gasteiger charge is -2.30. The van der Waals surface area contributed by atoms with E-state index in [0.29, 0.717) is 42.2 Å². The Morgan fingerprint density at radius 3 is 2.02 bits per heavy atom. The van der Waals surface area contributed by atoms with Crippen LogP contribution in [0.4, 0.5) is 10.6 Å². The third-order valence-electron chi connectivity index (χ3n) is 7.04. The van der Waals surface area contributed by atoms with Crippen LogP contribution in [0.1, 0.15) is 55.4 Å². The van der Waals surface area contributed by atoms with Gasteiger partial charge < -0.3 is 26.3 Å². The van der Waals surface area contributed by atoms with Crippen LogP contribution < -0.4 is 21.3 Å². The number of imidazole rings is 1. The number of nitrogens with zero attached hydrogens (tertiary/aromatic N) is 4. The van der Waals surface area contributed by atoms with Gasteiger partial charge in [-0.25, -0.2) is 19.7 Å². The molecule has 4 aromatic rings. The number of carbonyl (C=O) groups is 2. The maximum atomic E-state index is 12.9. The Hall–Kier alpha value is -4.51. The maximum Gasteiger partial charge on any atom is 0.314 e. The summed E-state index contributed by atoms with van der Waals surface area (Å²) in [6, 6.07) is 21.0. The van der Waals surface area contributed by atoms with E-state index in [2.05, 4.69) is 98.1 Å². The average Bonchev–Trinajstić information content (AvgIpc) is 3.47. The third kappa shape index (κ3) is 8.26. The fourth-order valence-electron chi connectivity index (χ4n) is 4.97. The van der Waals surface area contributed by atoms with Crippen LogP contribution in [0.2, 0.25) is 0 Å². The van der Waals surface area contributed by atoms with Crippen LogP contribution in [0.15, 0.2) is 67.0 Å². The van der Waals surface area contributed by atoms with E-state index < -0.39 is 5.91 Å². The molecule has 2 heterocycles. The van der Waals surface area contributed by atoms with Gasteiger partial charge >= 0.3 is 6.03 Å². The van der Waals surface area contributed by atoms with Crippen molar-refractivity contribution < 1.29 is 9.59 Å². The first-order valence-corrected chi connectivity index (χ1v) is 14.4. The van der Waals surface area contributed by atoms with Gasteiger partial charge in [0.05, 0.1) is 6.33 Å². The molecule has 0 atom stereocenters. The summed E-state index contributed by atoms with van der Waals surface area (Å²) in [5, 5.41) is 11.8. The highest BCUT2D eigenvalue weighted by atomic mass is 16.2. The van der Waals surface area contributed by atoms with Gasteiger partial charge in [0, 0.05) is 50.7 Å². The minimum atomic E-state index is -0.447. The summed E-state index contributed by atoms with van der Waals surface area (Å²) in [5.74, 6) is 0.111. The zero-order valence-corrected chi connectivity index (χ0v) is 24.7. The van der Waals surface area contributed by atoms with E-state index in [1.165, 1.54) is 6.33 Å². The van der Waals surface area contributed by atoms with E-state index in [-0.39, 0.29) is 30.9 Å². The van der Waals surface area contributed by atoms with Crippen LogP contribution in [0.3, 0.4) is 0 Å². The molecule has 0 saturated heterocycles. The Bertz CT molecular complexity index is 1380. The molecular formula is C31H41N9O2. The number of hydrogen-bond donors (Lipinski definition) is 5. The summed E-state index contributed by atoms with van der Waals surface area (Å²) in [7, 11) is 0. The second-order valence-corrected chi connectivity index (χ2v) is 10.6. The fraction of sp³-hybridized carbons (Fsp3) is 0.387. The molecule has 11 heteroatoms. The molecule has 0 aliphatic rings. The van der Waals surface area contributed by atoms with Crippen molar-refractivity contribution in [3.05, 3.63) is 83.9 Å². The van der Waals surface area contributed by atoms with Gasteiger partial charge in [-0.15, -0.1) is 0 Å². The fourth-order valence-corrected chi connectivity index (χ4v) is 4.97. The van der Waals surface area contributed by atoms with Crippen molar-refractivity contribution in [2.75, 3.05) is 38.0 Å². The zero-order valence-electron chi connectivity index (χ0n) is 24.7. The summed E-state index contributed by atoms with van der Waals surface area (Å²) in [6.07, 6.45) is 1.53. The van der Waals surface area contributed by atoms with Crippen molar-refractivity contribution >= 4 is 28.9 Å². The van der Waals surface area contributed by atoms with Crippen molar-refractivity contribution in [3.63, 3.8) is 0 Å². The first-order chi connectivity index (χ1) is 20.3. The molecule has 11 nitrogen and oxygen atoms in total. The normalized spacial score (nSPS) is 11.4. The first-order valence-electron chi connectivity index (χ1n) is 14.4. The molecule has 0 radical (unpaired) electrons. The molecule has 0 bridgehead atoms. The molecule has 0 aliphatic carbocycles. The number of rotatable bonds is 14. The number of fused-ring (bicyclic) bond motifs is 1. The Labute approximate surface area is 246 Å². The van der Waals surface area contributed by atoms with Crippen LogP contribution in [0.25, 0.3) is 11.2 Å². The lowest BCUT2D eigenvalue weighted by molar-refractivity contribution is 0.0944. The molecule has 0 saturated carbocycles. The van der Waals surface area contributed by atoms with E-state index in [4.69, 9.17) is 0 Å². The molecular weight excluding hydrogens is 530 g/mol. The molecule has 0 fully saturated rings. The Morgan fingerprint density at radius 1 is 0.810 bits per heavy atom. The zero-order chi connectivity index (χ0) is 29.9. The van der Waals surface area contributed by atoms with Crippen LogP contribution >= 0.6 is 0 Å². The number of H-pyrrole nitrogens is 1. The Balaban J connectivity index is 1.33. The lowest BCUT2D eigenvalue weighted by Crippen LogP contribution is -2.45. The highest BCUT2D eigenvalue weighted by Crippen LogP contribution is 2.26. The van der Waals surface area contributed by atoms with Crippen LogP contribution in [-0.4, -0.2) is 81.6 Å². The SMILES string of the molecule is CC(C)N(CCNC(=O)NCCNC(=O)c1nc(NCC(c2ccccc2)c2ccccc2)c2[nH]cnc2n1)C(C)C. The second kappa shape index (κ2) is 14.9. The molecule has 0 spiro atoms. The minimum Gasteiger partial charge on any atom is -0.367 e. The third-order valence-corrected chi connectivity index (χ3v) is 7.04. The summed E-state index contributed by atoms with van der Waals surface area (Å²) in [5.41, 5.74) is 3.34. The number of hydrogen-bond acceptors (Lipinski definition) is 7. The monoisotopic (exact) mass is 571 g/mol. The number of anilines is 1. The molecule has 5 N–H and O–H groups in total. The van der Waals surface area contributed by atoms with Crippen LogP contribution in [0.5, 0.6) is 0 Å². The van der Waals surface area contributed by atoms with Crippen LogP contribution in [0, 0.1) is 0 Å². The van der Waals surface area contributed by atoms with Crippen molar-refractivity contribution in [1.29, 1.82) is 0 Å². The summed E-state index contributed by atoms with van der Waals surface area (Å²) >= 11 is 0. The van der Waals surface area contributed by atoms with Crippen molar-refractivity contribution in [3.8, 4) is 0 Å². The molecule has 2 aromatic carbocycles. The Morgan fingerprint density at radius 2 is 1.40 bits per heavy atom. The van der Waals surface area contributed by atoms with Crippen LogP contribution in [-0.2, 0) is 0 Å². The van der Waals surface area contributed by atoms with Crippen molar-refractivity contribution in [1.82, 2.24) is 40.8 Å². The summed E-state index contributed by atoms with van der Waals surface area (Å²) < 4.78 is 0. The van der Waals surface area contributed by atoms with Gasteiger partial charge in [0.1, 0.15) is 5.52 Å². The highest BCUT2D eigenvalue weighted by Gasteiger charge is 2.19. The number of aromatic amines is 1. The lowest BCUT2D eigenvalue weighted by atomic mass is 9.91. The summed E-state index contributed by atoms with van der Waals surface area (Å²) in [6.45, 7) is 10.9. The number of amides is 3. The van der Waals surface area contributed by atoms with Gasteiger partial charge in [0.15, 0.2) is 11.5 Å².